The van der Waals surface area contributed by atoms with Crippen LogP contribution in [-0.4, -0.2) is 23.9 Å². The topological polar surface area (TPSA) is 80.3 Å². The second-order valence-corrected chi connectivity index (χ2v) is 7.01. The van der Waals surface area contributed by atoms with Gasteiger partial charge in [0.1, 0.15) is 0 Å². The van der Waals surface area contributed by atoms with Gasteiger partial charge in [-0.05, 0) is 30.3 Å². The third kappa shape index (κ3) is 4.57. The molecule has 3 rings (SSSR count). The van der Waals surface area contributed by atoms with Crippen molar-refractivity contribution in [2.24, 2.45) is 0 Å². The summed E-state index contributed by atoms with van der Waals surface area (Å²) >= 11 is 13.5. The Bertz CT molecular complexity index is 970. The average Bonchev–Trinajstić information content (AvgIpc) is 3.14. The van der Waals surface area contributed by atoms with Crippen LogP contribution in [0.4, 0.5) is 10.8 Å². The second kappa shape index (κ2) is 8.39. The Morgan fingerprint density at radius 3 is 2.37 bits per heavy atom. The molecule has 138 valence electrons. The van der Waals surface area contributed by atoms with Crippen LogP contribution in [0.2, 0.25) is 10.0 Å². The Morgan fingerprint density at radius 1 is 1.04 bits per heavy atom. The predicted molar refractivity (Wildman–Crippen MR) is 107 cm³/mol. The molecule has 1 aromatic heterocycles. The van der Waals surface area contributed by atoms with Gasteiger partial charge in [0, 0.05) is 28.4 Å². The highest BCUT2D eigenvalue weighted by Crippen LogP contribution is 2.34. The molecular weight excluding hydrogens is 409 g/mol. The van der Waals surface area contributed by atoms with E-state index in [9.17, 15) is 9.59 Å². The maximum absolute atomic E-state index is 12.5. The Balaban J connectivity index is 1.76. The number of rotatable bonds is 5. The predicted octanol–water partition coefficient (Wildman–Crippen LogP) is 4.96. The lowest BCUT2D eigenvalue weighted by molar-refractivity contribution is 0.101. The van der Waals surface area contributed by atoms with Gasteiger partial charge in [0.2, 0.25) is 0 Å². The van der Waals surface area contributed by atoms with Gasteiger partial charge in [-0.1, -0.05) is 29.3 Å². The van der Waals surface area contributed by atoms with E-state index in [0.717, 1.165) is 0 Å². The summed E-state index contributed by atoms with van der Waals surface area (Å²) in [7, 11) is 1.44. The monoisotopic (exact) mass is 421 g/mol. The molecule has 0 aliphatic heterocycles. The first-order valence-electron chi connectivity index (χ1n) is 7.63. The van der Waals surface area contributed by atoms with Crippen molar-refractivity contribution in [1.29, 1.82) is 0 Å². The first-order valence-corrected chi connectivity index (χ1v) is 9.27. The molecule has 0 aliphatic rings. The van der Waals surface area contributed by atoms with Crippen molar-refractivity contribution in [1.82, 2.24) is 4.98 Å². The normalized spacial score (nSPS) is 10.3. The number of benzene rings is 2. The van der Waals surface area contributed by atoms with Gasteiger partial charge in [0.25, 0.3) is 11.8 Å². The maximum atomic E-state index is 12.5. The highest BCUT2D eigenvalue weighted by atomic mass is 35.5. The summed E-state index contributed by atoms with van der Waals surface area (Å²) < 4.78 is 5.07. The first-order chi connectivity index (χ1) is 13.0. The van der Waals surface area contributed by atoms with Crippen LogP contribution in [0.25, 0.3) is 0 Å². The first kappa shape index (κ1) is 19.2. The van der Waals surface area contributed by atoms with Crippen LogP contribution < -0.4 is 15.4 Å². The van der Waals surface area contributed by atoms with Gasteiger partial charge < -0.3 is 10.1 Å². The molecule has 0 saturated heterocycles. The summed E-state index contributed by atoms with van der Waals surface area (Å²) in [6.45, 7) is 0. The minimum atomic E-state index is -0.418. The fourth-order valence-corrected chi connectivity index (χ4v) is 3.45. The fraction of sp³-hybridized carbons (Fsp3) is 0.0556. The summed E-state index contributed by atoms with van der Waals surface area (Å²) in [5, 5.41) is 8.11. The SMILES string of the molecule is COc1c(Cl)cc(C(=O)Nc2cccc(C(=O)Nc3nccs3)c2)cc1Cl. The van der Waals surface area contributed by atoms with Gasteiger partial charge in [0.05, 0.1) is 17.2 Å². The molecule has 2 N–H and O–H groups in total. The Morgan fingerprint density at radius 2 is 1.74 bits per heavy atom. The van der Waals surface area contributed by atoms with Gasteiger partial charge in [-0.15, -0.1) is 11.3 Å². The van der Waals surface area contributed by atoms with Crippen LogP contribution in [0, 0.1) is 0 Å². The number of carbonyl (C=O) groups excluding carboxylic acids is 2. The van der Waals surface area contributed by atoms with Crippen molar-refractivity contribution < 1.29 is 14.3 Å². The standard InChI is InChI=1S/C18H13Cl2N3O3S/c1-26-15-13(19)8-11(9-14(15)20)17(25)22-12-4-2-3-10(7-12)16(24)23-18-21-5-6-27-18/h2-9H,1H3,(H,22,25)(H,21,23,24). The number of anilines is 2. The Kier molecular flexibility index (Phi) is 5.95. The van der Waals surface area contributed by atoms with E-state index >= 15 is 0 Å². The largest absolute Gasteiger partial charge is 0.494 e. The lowest BCUT2D eigenvalue weighted by atomic mass is 10.1. The number of methoxy groups -OCH3 is 1. The molecule has 2 aromatic carbocycles. The third-order valence-corrected chi connectivity index (χ3v) is 4.75. The van der Waals surface area contributed by atoms with E-state index in [2.05, 4.69) is 15.6 Å². The van der Waals surface area contributed by atoms with Crippen molar-refractivity contribution in [2.45, 2.75) is 0 Å². The lowest BCUT2D eigenvalue weighted by Gasteiger charge is -2.10. The molecule has 0 fully saturated rings. The van der Waals surface area contributed by atoms with E-state index in [1.165, 1.54) is 30.6 Å². The van der Waals surface area contributed by atoms with Gasteiger partial charge in [-0.25, -0.2) is 4.98 Å². The van der Waals surface area contributed by atoms with Crippen molar-refractivity contribution >= 4 is 57.2 Å². The number of thiazole rings is 1. The summed E-state index contributed by atoms with van der Waals surface area (Å²) in [4.78, 5) is 28.8. The summed E-state index contributed by atoms with van der Waals surface area (Å²) in [6.07, 6.45) is 1.60. The Hall–Kier alpha value is -2.61. The van der Waals surface area contributed by atoms with Gasteiger partial charge in [0.15, 0.2) is 10.9 Å². The smallest absolute Gasteiger partial charge is 0.257 e. The number of nitrogens with one attached hydrogen (secondary N) is 2. The number of halogens is 2. The average molecular weight is 422 g/mol. The quantitative estimate of drug-likeness (QED) is 0.609. The number of hydrogen-bond acceptors (Lipinski definition) is 5. The molecule has 3 aromatic rings. The zero-order valence-corrected chi connectivity index (χ0v) is 16.3. The second-order valence-electron chi connectivity index (χ2n) is 5.30. The van der Waals surface area contributed by atoms with E-state index in [0.29, 0.717) is 22.1 Å². The van der Waals surface area contributed by atoms with Gasteiger partial charge in [-0.2, -0.15) is 0 Å². The van der Waals surface area contributed by atoms with Crippen molar-refractivity contribution in [3.05, 3.63) is 69.1 Å². The van der Waals surface area contributed by atoms with E-state index < -0.39 is 5.91 Å². The molecule has 1 heterocycles. The Labute approximate surface area is 169 Å². The van der Waals surface area contributed by atoms with Gasteiger partial charge >= 0.3 is 0 Å². The van der Waals surface area contributed by atoms with Crippen molar-refractivity contribution in [2.75, 3.05) is 17.7 Å². The number of carbonyl (C=O) groups is 2. The van der Waals surface area contributed by atoms with Crippen molar-refractivity contribution in [3.8, 4) is 5.75 Å². The number of ether oxygens (including phenoxy) is 1. The fourth-order valence-electron chi connectivity index (χ4n) is 2.28. The van der Waals surface area contributed by atoms with Crippen molar-refractivity contribution in [3.63, 3.8) is 0 Å². The van der Waals surface area contributed by atoms with Crippen LogP contribution in [0.1, 0.15) is 20.7 Å². The number of aromatic nitrogens is 1. The molecule has 0 unspecified atom stereocenters. The highest BCUT2D eigenvalue weighted by molar-refractivity contribution is 7.13. The van der Waals surface area contributed by atoms with Crippen LogP contribution in [0.15, 0.2) is 48.0 Å². The highest BCUT2D eigenvalue weighted by Gasteiger charge is 2.15. The zero-order chi connectivity index (χ0) is 19.4. The lowest BCUT2D eigenvalue weighted by Crippen LogP contribution is -2.14. The van der Waals surface area contributed by atoms with E-state index in [4.69, 9.17) is 27.9 Å². The summed E-state index contributed by atoms with van der Waals surface area (Å²) in [6, 6.07) is 9.46. The molecule has 27 heavy (non-hydrogen) atoms. The number of nitrogens with zero attached hydrogens (tertiary/aromatic N) is 1. The van der Waals surface area contributed by atoms with Gasteiger partial charge in [-0.3, -0.25) is 14.9 Å². The molecule has 0 radical (unpaired) electrons. The molecule has 9 heteroatoms. The zero-order valence-electron chi connectivity index (χ0n) is 14.0. The molecule has 0 atom stereocenters. The molecule has 0 bridgehead atoms. The molecule has 0 saturated carbocycles. The van der Waals surface area contributed by atoms with E-state index in [1.807, 2.05) is 0 Å². The van der Waals surface area contributed by atoms with Crippen LogP contribution in [-0.2, 0) is 0 Å². The van der Waals surface area contributed by atoms with Crippen LogP contribution in [0.5, 0.6) is 5.75 Å². The molecule has 0 aliphatic carbocycles. The minimum absolute atomic E-state index is 0.228. The number of amides is 2. The number of hydrogen-bond donors (Lipinski definition) is 2. The summed E-state index contributed by atoms with van der Waals surface area (Å²) in [5.41, 5.74) is 1.10. The van der Waals surface area contributed by atoms with Crippen LogP contribution >= 0.6 is 34.5 Å². The molecule has 2 amide bonds. The van der Waals surface area contributed by atoms with E-state index in [1.54, 1.807) is 35.8 Å². The minimum Gasteiger partial charge on any atom is -0.494 e. The third-order valence-electron chi connectivity index (χ3n) is 3.50. The molecule has 6 nitrogen and oxygen atoms in total. The molecular formula is C18H13Cl2N3O3S. The molecule has 0 spiro atoms. The van der Waals surface area contributed by atoms with Crippen LogP contribution in [0.3, 0.4) is 0 Å². The van der Waals surface area contributed by atoms with E-state index in [-0.39, 0.29) is 21.5 Å². The summed E-state index contributed by atoms with van der Waals surface area (Å²) in [5.74, 6) is -0.439. The maximum Gasteiger partial charge on any atom is 0.257 e.